The predicted molar refractivity (Wildman–Crippen MR) is 99.0 cm³/mol. The van der Waals surface area contributed by atoms with Crippen LogP contribution in [0, 0.1) is 6.92 Å². The average molecular weight is 424 g/mol. The van der Waals surface area contributed by atoms with Gasteiger partial charge in [0.05, 0.1) is 16.3 Å². The minimum absolute atomic E-state index is 0.00763. The summed E-state index contributed by atoms with van der Waals surface area (Å²) in [4.78, 5) is 28.4. The van der Waals surface area contributed by atoms with Crippen LogP contribution in [0.1, 0.15) is 32.1 Å². The fourth-order valence-corrected chi connectivity index (χ4v) is 2.86. The lowest BCUT2D eigenvalue weighted by Crippen LogP contribution is -2.21. The Hall–Kier alpha value is -3.40. The van der Waals surface area contributed by atoms with Crippen LogP contribution in [0.25, 0.3) is 5.82 Å². The molecular weight excluding hydrogens is 411 g/mol. The Morgan fingerprint density at radius 2 is 1.93 bits per heavy atom. The summed E-state index contributed by atoms with van der Waals surface area (Å²) in [5.41, 5.74) is 4.15. The van der Waals surface area contributed by atoms with E-state index < -0.39 is 29.4 Å². The number of aryl methyl sites for hydroxylation is 1. The van der Waals surface area contributed by atoms with Crippen molar-refractivity contribution in [3.8, 4) is 5.82 Å². The zero-order chi connectivity index (χ0) is 21.3. The zero-order valence-electron chi connectivity index (χ0n) is 14.8. The van der Waals surface area contributed by atoms with E-state index in [1.807, 2.05) is 0 Å². The van der Waals surface area contributed by atoms with Gasteiger partial charge in [-0.3, -0.25) is 9.59 Å². The highest BCUT2D eigenvalue weighted by Gasteiger charge is 2.36. The summed E-state index contributed by atoms with van der Waals surface area (Å²) in [5, 5.41) is 5.84. The fourth-order valence-electron chi connectivity index (χ4n) is 2.66. The second-order valence-electron chi connectivity index (χ2n) is 5.95. The zero-order valence-corrected chi connectivity index (χ0v) is 15.5. The van der Waals surface area contributed by atoms with Gasteiger partial charge >= 0.3 is 6.18 Å². The lowest BCUT2D eigenvalue weighted by Gasteiger charge is -2.12. The number of benzene rings is 1. The number of carbonyl (C=O) groups is 2. The maximum atomic E-state index is 13.2. The van der Waals surface area contributed by atoms with Crippen LogP contribution in [-0.4, -0.2) is 26.6 Å². The molecule has 7 nitrogen and oxygen atoms in total. The first-order chi connectivity index (χ1) is 13.6. The summed E-state index contributed by atoms with van der Waals surface area (Å²) < 4.78 is 40.3. The van der Waals surface area contributed by atoms with Gasteiger partial charge in [-0.05, 0) is 30.7 Å². The molecule has 2 aromatic heterocycles. The van der Waals surface area contributed by atoms with Gasteiger partial charge < -0.3 is 11.1 Å². The van der Waals surface area contributed by atoms with Gasteiger partial charge in [-0.25, -0.2) is 9.67 Å². The third kappa shape index (κ3) is 4.06. The number of anilines is 1. The molecule has 0 saturated carbocycles. The molecule has 3 rings (SSSR count). The Kier molecular flexibility index (Phi) is 5.29. The Balaban J connectivity index is 2.10. The van der Waals surface area contributed by atoms with Crippen molar-refractivity contribution in [2.24, 2.45) is 5.73 Å². The number of hydrogen-bond donors (Lipinski definition) is 2. The highest BCUT2D eigenvalue weighted by molar-refractivity contribution is 6.32. The lowest BCUT2D eigenvalue weighted by atomic mass is 10.1. The molecule has 2 amide bonds. The van der Waals surface area contributed by atoms with Crippen molar-refractivity contribution in [3.05, 3.63) is 70.1 Å². The minimum Gasteiger partial charge on any atom is -0.366 e. The molecule has 0 fully saturated rings. The van der Waals surface area contributed by atoms with E-state index in [-0.39, 0.29) is 22.1 Å². The van der Waals surface area contributed by atoms with Crippen molar-refractivity contribution >= 4 is 29.1 Å². The number of nitrogens with one attached hydrogen (secondary N) is 1. The quantitative estimate of drug-likeness (QED) is 0.669. The van der Waals surface area contributed by atoms with Crippen LogP contribution < -0.4 is 11.1 Å². The average Bonchev–Trinajstić information content (AvgIpc) is 3.07. The van der Waals surface area contributed by atoms with Crippen LogP contribution in [-0.2, 0) is 6.18 Å². The van der Waals surface area contributed by atoms with Gasteiger partial charge in [0, 0.05) is 12.3 Å². The highest BCUT2D eigenvalue weighted by Crippen LogP contribution is 2.31. The number of nitrogens with two attached hydrogens (primary N) is 1. The van der Waals surface area contributed by atoms with Gasteiger partial charge in [0.2, 0.25) is 0 Å². The molecule has 0 aliphatic carbocycles. The van der Waals surface area contributed by atoms with Crippen molar-refractivity contribution in [2.75, 3.05) is 5.32 Å². The van der Waals surface area contributed by atoms with Gasteiger partial charge in [-0.15, -0.1) is 0 Å². The number of rotatable bonds is 4. The second kappa shape index (κ2) is 7.55. The molecule has 1 aromatic carbocycles. The molecular formula is C18H13ClF3N5O2. The number of nitrogens with zero attached hydrogens (tertiary/aromatic N) is 3. The van der Waals surface area contributed by atoms with Crippen LogP contribution in [0.4, 0.5) is 18.9 Å². The predicted octanol–water partition coefficient (Wildman–Crippen LogP) is 3.60. The van der Waals surface area contributed by atoms with Gasteiger partial charge in [0.1, 0.15) is 5.69 Å². The molecule has 0 saturated heterocycles. The molecule has 0 aliphatic rings. The molecule has 29 heavy (non-hydrogen) atoms. The molecule has 0 spiro atoms. The summed E-state index contributed by atoms with van der Waals surface area (Å²) in [6, 6.07) is 8.02. The first-order valence-electron chi connectivity index (χ1n) is 8.08. The summed E-state index contributed by atoms with van der Waals surface area (Å²) >= 11 is 6.01. The Morgan fingerprint density at radius 1 is 1.21 bits per heavy atom. The first-order valence-corrected chi connectivity index (χ1v) is 8.46. The van der Waals surface area contributed by atoms with Crippen molar-refractivity contribution in [1.29, 1.82) is 0 Å². The lowest BCUT2D eigenvalue weighted by molar-refractivity contribution is -0.141. The van der Waals surface area contributed by atoms with Gasteiger partial charge in [0.15, 0.2) is 11.5 Å². The van der Waals surface area contributed by atoms with Gasteiger partial charge in [-0.2, -0.15) is 18.3 Å². The van der Waals surface area contributed by atoms with Crippen molar-refractivity contribution < 1.29 is 22.8 Å². The number of pyridine rings is 1. The standard InChI is InChI=1S/C18H13ClF3N5O2/c1-9-4-2-6-11(14(9)15(23)28)25-17(29)12-8-13(18(20,21)22)26-27(12)16-10(19)5-3-7-24-16/h2-8H,1H3,(H2,23,28)(H,25,29). The van der Waals surface area contributed by atoms with E-state index in [4.69, 9.17) is 17.3 Å². The Bertz CT molecular complexity index is 1110. The first kappa shape index (κ1) is 20.3. The third-order valence-electron chi connectivity index (χ3n) is 3.94. The number of primary amides is 1. The van der Waals surface area contributed by atoms with Crippen LogP contribution in [0.5, 0.6) is 0 Å². The fraction of sp³-hybridized carbons (Fsp3) is 0.111. The number of amides is 2. The smallest absolute Gasteiger partial charge is 0.366 e. The number of hydrogen-bond acceptors (Lipinski definition) is 4. The summed E-state index contributed by atoms with van der Waals surface area (Å²) in [7, 11) is 0. The number of alkyl halides is 3. The van der Waals surface area contributed by atoms with E-state index in [0.717, 1.165) is 0 Å². The maximum absolute atomic E-state index is 13.2. The molecule has 11 heteroatoms. The third-order valence-corrected chi connectivity index (χ3v) is 4.23. The Labute approximate surface area is 167 Å². The van der Waals surface area contributed by atoms with Crippen molar-refractivity contribution in [3.63, 3.8) is 0 Å². The maximum Gasteiger partial charge on any atom is 0.435 e. The molecule has 0 bridgehead atoms. The van der Waals surface area contributed by atoms with Gasteiger partial charge in [-0.1, -0.05) is 23.7 Å². The van der Waals surface area contributed by atoms with E-state index in [9.17, 15) is 22.8 Å². The van der Waals surface area contributed by atoms with Crippen LogP contribution in [0.2, 0.25) is 5.02 Å². The molecule has 150 valence electrons. The van der Waals surface area contributed by atoms with Crippen molar-refractivity contribution in [1.82, 2.24) is 14.8 Å². The van der Waals surface area contributed by atoms with E-state index >= 15 is 0 Å². The SMILES string of the molecule is Cc1cccc(NC(=O)c2cc(C(F)(F)F)nn2-c2ncccc2Cl)c1C(N)=O. The molecule has 3 N–H and O–H groups in total. The molecule has 0 radical (unpaired) electrons. The molecule has 3 aromatic rings. The monoisotopic (exact) mass is 423 g/mol. The highest BCUT2D eigenvalue weighted by atomic mass is 35.5. The number of halogens is 4. The van der Waals surface area contributed by atoms with Crippen LogP contribution in [0.3, 0.4) is 0 Å². The van der Waals surface area contributed by atoms with E-state index in [1.54, 1.807) is 19.1 Å². The number of carbonyl (C=O) groups excluding carboxylic acids is 2. The molecule has 0 unspecified atom stereocenters. The summed E-state index contributed by atoms with van der Waals surface area (Å²) in [6.07, 6.45) is -3.51. The molecule has 0 atom stereocenters. The summed E-state index contributed by atoms with van der Waals surface area (Å²) in [5.74, 6) is -1.91. The van der Waals surface area contributed by atoms with E-state index in [2.05, 4.69) is 15.4 Å². The Morgan fingerprint density at radius 3 is 2.55 bits per heavy atom. The topological polar surface area (TPSA) is 103 Å². The molecule has 0 aliphatic heterocycles. The normalized spacial score (nSPS) is 11.3. The van der Waals surface area contributed by atoms with Crippen molar-refractivity contribution in [2.45, 2.75) is 13.1 Å². The van der Waals surface area contributed by atoms with Crippen LogP contribution in [0.15, 0.2) is 42.6 Å². The van der Waals surface area contributed by atoms with E-state index in [1.165, 1.54) is 24.4 Å². The largest absolute Gasteiger partial charge is 0.435 e. The number of aromatic nitrogens is 3. The van der Waals surface area contributed by atoms with Crippen LogP contribution >= 0.6 is 11.6 Å². The van der Waals surface area contributed by atoms with E-state index in [0.29, 0.717) is 16.3 Å². The summed E-state index contributed by atoms with van der Waals surface area (Å²) in [6.45, 7) is 1.61. The second-order valence-corrected chi connectivity index (χ2v) is 6.36. The molecule has 2 heterocycles. The van der Waals surface area contributed by atoms with Gasteiger partial charge in [0.25, 0.3) is 11.8 Å². The minimum atomic E-state index is -4.80.